The van der Waals surface area contributed by atoms with E-state index in [1.807, 2.05) is 17.5 Å². The van der Waals surface area contributed by atoms with Crippen molar-refractivity contribution in [3.63, 3.8) is 0 Å². The first kappa shape index (κ1) is 12.6. The van der Waals surface area contributed by atoms with E-state index in [2.05, 4.69) is 36.1 Å². The number of aldehydes is 1. The molecule has 0 bridgehead atoms. The van der Waals surface area contributed by atoms with Crippen LogP contribution in [-0.4, -0.2) is 6.29 Å². The molecule has 0 radical (unpaired) electrons. The van der Waals surface area contributed by atoms with Gasteiger partial charge in [0, 0.05) is 17.4 Å². The normalized spacial score (nSPS) is 9.56. The van der Waals surface area contributed by atoms with Crippen LogP contribution in [0, 0.1) is 11.8 Å². The average Bonchev–Trinajstić information content (AvgIpc) is 2.87. The van der Waals surface area contributed by atoms with E-state index in [0.717, 1.165) is 36.0 Å². The molecule has 2 heteroatoms. The highest BCUT2D eigenvalue weighted by molar-refractivity contribution is 7.11. The summed E-state index contributed by atoms with van der Waals surface area (Å²) in [5, 5.41) is 1.92. The SMILES string of the molecule is O=Cc1cc(C#CCCCc2ccccc2)cs1. The first-order valence-electron chi connectivity index (χ1n) is 5.95. The van der Waals surface area contributed by atoms with Gasteiger partial charge in [-0.2, -0.15) is 0 Å². The molecular weight excluding hydrogens is 240 g/mol. The summed E-state index contributed by atoms with van der Waals surface area (Å²) in [5.41, 5.74) is 2.31. The van der Waals surface area contributed by atoms with Gasteiger partial charge in [-0.25, -0.2) is 0 Å². The minimum Gasteiger partial charge on any atom is -0.297 e. The Morgan fingerprint density at radius 1 is 1.22 bits per heavy atom. The molecule has 0 saturated carbocycles. The Hall–Kier alpha value is -1.85. The van der Waals surface area contributed by atoms with E-state index in [0.29, 0.717) is 0 Å². The standard InChI is InChI=1S/C16H14OS/c17-12-16-11-15(13-18-16)10-6-2-5-9-14-7-3-1-4-8-14/h1,3-4,7-8,11-13H,2,5,9H2. The maximum Gasteiger partial charge on any atom is 0.160 e. The molecule has 18 heavy (non-hydrogen) atoms. The smallest absolute Gasteiger partial charge is 0.160 e. The maximum absolute atomic E-state index is 10.5. The van der Waals surface area contributed by atoms with Crippen LogP contribution < -0.4 is 0 Å². The van der Waals surface area contributed by atoms with Crippen molar-refractivity contribution in [1.82, 2.24) is 0 Å². The molecule has 0 amide bonds. The molecule has 0 aliphatic rings. The second-order valence-corrected chi connectivity index (χ2v) is 4.94. The predicted octanol–water partition coefficient (Wildman–Crippen LogP) is 3.94. The molecule has 1 heterocycles. The van der Waals surface area contributed by atoms with Crippen LogP contribution in [0.2, 0.25) is 0 Å². The molecule has 0 unspecified atom stereocenters. The summed E-state index contributed by atoms with van der Waals surface area (Å²) in [7, 11) is 0. The second kappa shape index (κ2) is 6.78. The number of rotatable bonds is 4. The third kappa shape index (κ3) is 3.87. The first-order chi connectivity index (χ1) is 8.88. The van der Waals surface area contributed by atoms with Crippen molar-refractivity contribution in [2.75, 3.05) is 0 Å². The number of benzene rings is 1. The molecular formula is C16H14OS. The Balaban J connectivity index is 1.77. The maximum atomic E-state index is 10.5. The van der Waals surface area contributed by atoms with Gasteiger partial charge < -0.3 is 0 Å². The minimum atomic E-state index is 0.739. The first-order valence-corrected chi connectivity index (χ1v) is 6.83. The van der Waals surface area contributed by atoms with Gasteiger partial charge in [0.05, 0.1) is 4.88 Å². The highest BCUT2D eigenvalue weighted by Crippen LogP contribution is 2.11. The van der Waals surface area contributed by atoms with Crippen molar-refractivity contribution in [3.8, 4) is 11.8 Å². The molecule has 90 valence electrons. The molecule has 0 aliphatic heterocycles. The number of carbonyl (C=O) groups excluding carboxylic acids is 1. The fourth-order valence-corrected chi connectivity index (χ4v) is 2.31. The van der Waals surface area contributed by atoms with E-state index < -0.39 is 0 Å². The van der Waals surface area contributed by atoms with Crippen LogP contribution in [0.3, 0.4) is 0 Å². The molecule has 2 aromatic rings. The van der Waals surface area contributed by atoms with Crippen molar-refractivity contribution in [3.05, 3.63) is 57.8 Å². The summed E-state index contributed by atoms with van der Waals surface area (Å²) in [6.07, 6.45) is 3.90. The van der Waals surface area contributed by atoms with Crippen LogP contribution in [0.1, 0.15) is 33.6 Å². The number of hydrogen-bond acceptors (Lipinski definition) is 2. The summed E-state index contributed by atoms with van der Waals surface area (Å²) in [5.74, 6) is 6.24. The van der Waals surface area contributed by atoms with Crippen molar-refractivity contribution in [2.24, 2.45) is 0 Å². The number of aryl methyl sites for hydroxylation is 1. The van der Waals surface area contributed by atoms with Gasteiger partial charge in [0.1, 0.15) is 0 Å². The van der Waals surface area contributed by atoms with E-state index in [9.17, 15) is 4.79 Å². The third-order valence-electron chi connectivity index (χ3n) is 2.58. The number of hydrogen-bond donors (Lipinski definition) is 0. The van der Waals surface area contributed by atoms with E-state index >= 15 is 0 Å². The molecule has 0 atom stereocenters. The third-order valence-corrected chi connectivity index (χ3v) is 3.44. The van der Waals surface area contributed by atoms with Crippen LogP contribution in [0.15, 0.2) is 41.8 Å². The minimum absolute atomic E-state index is 0.739. The zero-order valence-corrected chi connectivity index (χ0v) is 10.9. The van der Waals surface area contributed by atoms with E-state index in [1.165, 1.54) is 16.9 Å². The highest BCUT2D eigenvalue weighted by atomic mass is 32.1. The predicted molar refractivity (Wildman–Crippen MR) is 76.0 cm³/mol. The molecule has 2 rings (SSSR count). The zero-order valence-electron chi connectivity index (χ0n) is 10.1. The van der Waals surface area contributed by atoms with E-state index in [1.54, 1.807) is 0 Å². The van der Waals surface area contributed by atoms with Crippen molar-refractivity contribution in [1.29, 1.82) is 0 Å². The second-order valence-electron chi connectivity index (χ2n) is 4.00. The van der Waals surface area contributed by atoms with Gasteiger partial charge in [0.25, 0.3) is 0 Å². The van der Waals surface area contributed by atoms with E-state index in [-0.39, 0.29) is 0 Å². The number of carbonyl (C=O) groups is 1. The van der Waals surface area contributed by atoms with Gasteiger partial charge in [-0.15, -0.1) is 11.3 Å². The van der Waals surface area contributed by atoms with Gasteiger partial charge in [0.2, 0.25) is 0 Å². The molecule has 0 spiro atoms. The number of unbranched alkanes of at least 4 members (excludes halogenated alkanes) is 1. The van der Waals surface area contributed by atoms with E-state index in [4.69, 9.17) is 0 Å². The Labute approximate surface area is 111 Å². The molecule has 0 fully saturated rings. The Bertz CT molecular complexity index is 558. The van der Waals surface area contributed by atoms with Crippen LogP contribution in [0.5, 0.6) is 0 Å². The molecule has 1 aromatic heterocycles. The van der Waals surface area contributed by atoms with Crippen molar-refractivity contribution in [2.45, 2.75) is 19.3 Å². The van der Waals surface area contributed by atoms with Crippen LogP contribution in [0.4, 0.5) is 0 Å². The highest BCUT2D eigenvalue weighted by Gasteiger charge is 1.94. The fourth-order valence-electron chi connectivity index (χ4n) is 1.67. The Morgan fingerprint density at radius 3 is 2.78 bits per heavy atom. The summed E-state index contributed by atoms with van der Waals surface area (Å²) in [4.78, 5) is 11.3. The number of thiophene rings is 1. The summed E-state index contributed by atoms with van der Waals surface area (Å²) in [6, 6.07) is 12.3. The zero-order chi connectivity index (χ0) is 12.6. The van der Waals surface area contributed by atoms with Crippen molar-refractivity contribution >= 4 is 17.6 Å². The van der Waals surface area contributed by atoms with Gasteiger partial charge in [-0.05, 0) is 24.5 Å². The lowest BCUT2D eigenvalue weighted by atomic mass is 10.1. The molecule has 0 saturated heterocycles. The topological polar surface area (TPSA) is 17.1 Å². The Kier molecular flexibility index (Phi) is 4.75. The quantitative estimate of drug-likeness (QED) is 0.459. The van der Waals surface area contributed by atoms with Gasteiger partial charge in [0.15, 0.2) is 6.29 Å². The van der Waals surface area contributed by atoms with Crippen LogP contribution in [-0.2, 0) is 6.42 Å². The molecule has 1 aromatic carbocycles. The lowest BCUT2D eigenvalue weighted by Crippen LogP contribution is -1.83. The summed E-state index contributed by atoms with van der Waals surface area (Å²) < 4.78 is 0. The Morgan fingerprint density at radius 2 is 2.06 bits per heavy atom. The van der Waals surface area contributed by atoms with Gasteiger partial charge in [-0.3, -0.25) is 4.79 Å². The summed E-state index contributed by atoms with van der Waals surface area (Å²) >= 11 is 1.44. The molecule has 0 N–H and O–H groups in total. The summed E-state index contributed by atoms with van der Waals surface area (Å²) in [6.45, 7) is 0. The van der Waals surface area contributed by atoms with Crippen molar-refractivity contribution < 1.29 is 4.79 Å². The lowest BCUT2D eigenvalue weighted by molar-refractivity contribution is 0.112. The monoisotopic (exact) mass is 254 g/mol. The van der Waals surface area contributed by atoms with Gasteiger partial charge >= 0.3 is 0 Å². The average molecular weight is 254 g/mol. The van der Waals surface area contributed by atoms with Gasteiger partial charge in [-0.1, -0.05) is 42.2 Å². The lowest BCUT2D eigenvalue weighted by Gasteiger charge is -1.96. The fraction of sp³-hybridized carbons (Fsp3) is 0.188. The van der Waals surface area contributed by atoms with Crippen LogP contribution in [0.25, 0.3) is 0 Å². The molecule has 0 aliphatic carbocycles. The molecule has 1 nitrogen and oxygen atoms in total. The van der Waals surface area contributed by atoms with Crippen LogP contribution >= 0.6 is 11.3 Å². The largest absolute Gasteiger partial charge is 0.297 e.